The minimum Gasteiger partial charge on any atom is -0.497 e. The molecule has 6 heteroatoms. The Morgan fingerprint density at radius 3 is 2.91 bits per heavy atom. The van der Waals surface area contributed by atoms with Crippen molar-refractivity contribution in [3.8, 4) is 5.75 Å². The molecular formula is C16H17N3O3. The number of aromatic nitrogens is 2. The summed E-state index contributed by atoms with van der Waals surface area (Å²) in [7, 11) is 1.63. The number of ether oxygens (including phenoxy) is 2. The van der Waals surface area contributed by atoms with E-state index in [4.69, 9.17) is 9.47 Å². The lowest BCUT2D eigenvalue weighted by Gasteiger charge is -2.28. The molecule has 1 aromatic heterocycles. The number of methoxy groups -OCH3 is 1. The highest BCUT2D eigenvalue weighted by Crippen LogP contribution is 2.18. The predicted molar refractivity (Wildman–Crippen MR) is 80.9 cm³/mol. The van der Waals surface area contributed by atoms with E-state index in [9.17, 15) is 4.79 Å². The number of nitrogens with one attached hydrogen (secondary N) is 1. The molecular weight excluding hydrogens is 282 g/mol. The van der Waals surface area contributed by atoms with Crippen LogP contribution < -0.4 is 4.74 Å². The summed E-state index contributed by atoms with van der Waals surface area (Å²) in [5.74, 6) is 1.03. The first kappa shape index (κ1) is 14.2. The van der Waals surface area contributed by atoms with Crippen LogP contribution >= 0.6 is 0 Å². The molecule has 2 heterocycles. The Kier molecular flexibility index (Phi) is 4.09. The maximum atomic E-state index is 12.5. The Morgan fingerprint density at radius 2 is 2.23 bits per heavy atom. The van der Waals surface area contributed by atoms with E-state index in [0.717, 1.165) is 17.0 Å². The first-order valence-corrected chi connectivity index (χ1v) is 7.01. The van der Waals surface area contributed by atoms with Crippen molar-refractivity contribution in [2.45, 2.75) is 6.54 Å². The second kappa shape index (κ2) is 6.34. The lowest BCUT2D eigenvalue weighted by atomic mass is 10.2. The van der Waals surface area contributed by atoms with Crippen LogP contribution in [0.1, 0.15) is 11.3 Å². The Labute approximate surface area is 128 Å². The smallest absolute Gasteiger partial charge is 0.289 e. The highest BCUT2D eigenvalue weighted by atomic mass is 16.5. The van der Waals surface area contributed by atoms with E-state index in [1.54, 1.807) is 30.6 Å². The molecule has 1 amide bonds. The van der Waals surface area contributed by atoms with Gasteiger partial charge in [0.05, 0.1) is 31.9 Å². The Morgan fingerprint density at radius 1 is 1.41 bits per heavy atom. The SMILES string of the molecule is COc1ccc(CN2CCO/C(=C\c3cnc[nH]3)C2=O)cc1. The minimum atomic E-state index is -0.114. The number of amides is 1. The number of benzene rings is 1. The van der Waals surface area contributed by atoms with Crippen LogP contribution in [0.15, 0.2) is 42.5 Å². The number of morpholine rings is 1. The molecule has 1 saturated heterocycles. The van der Waals surface area contributed by atoms with Gasteiger partial charge in [0.2, 0.25) is 0 Å². The van der Waals surface area contributed by atoms with E-state index in [2.05, 4.69) is 9.97 Å². The van der Waals surface area contributed by atoms with Crippen molar-refractivity contribution in [1.29, 1.82) is 0 Å². The van der Waals surface area contributed by atoms with Crippen molar-refractivity contribution in [2.75, 3.05) is 20.3 Å². The fourth-order valence-corrected chi connectivity index (χ4v) is 2.28. The van der Waals surface area contributed by atoms with Gasteiger partial charge in [0, 0.05) is 12.6 Å². The molecule has 0 unspecified atom stereocenters. The van der Waals surface area contributed by atoms with Gasteiger partial charge in [-0.2, -0.15) is 0 Å². The van der Waals surface area contributed by atoms with Gasteiger partial charge >= 0.3 is 0 Å². The van der Waals surface area contributed by atoms with E-state index in [-0.39, 0.29) is 5.91 Å². The standard InChI is InChI=1S/C16H17N3O3/c1-21-14-4-2-12(3-5-14)10-19-6-7-22-15(16(19)20)8-13-9-17-11-18-13/h2-5,8-9,11H,6-7,10H2,1H3,(H,17,18)/b15-8-. The van der Waals surface area contributed by atoms with E-state index in [1.807, 2.05) is 24.3 Å². The second-order valence-corrected chi connectivity index (χ2v) is 4.94. The number of hydrogen-bond donors (Lipinski definition) is 1. The number of rotatable bonds is 4. The number of carbonyl (C=O) groups is 1. The number of nitrogens with zero attached hydrogens (tertiary/aromatic N) is 2. The number of carbonyl (C=O) groups excluding carboxylic acids is 1. The average Bonchev–Trinajstić information content (AvgIpc) is 3.05. The fourth-order valence-electron chi connectivity index (χ4n) is 2.28. The Hall–Kier alpha value is -2.76. The summed E-state index contributed by atoms with van der Waals surface area (Å²) < 4.78 is 10.6. The molecule has 0 spiro atoms. The molecule has 0 saturated carbocycles. The third-order valence-electron chi connectivity index (χ3n) is 3.46. The van der Waals surface area contributed by atoms with Crippen LogP contribution in [0.4, 0.5) is 0 Å². The van der Waals surface area contributed by atoms with Crippen molar-refractivity contribution < 1.29 is 14.3 Å². The summed E-state index contributed by atoms with van der Waals surface area (Å²) in [6, 6.07) is 7.70. The van der Waals surface area contributed by atoms with Gasteiger partial charge in [0.1, 0.15) is 12.4 Å². The molecule has 1 aliphatic heterocycles. The topological polar surface area (TPSA) is 67.5 Å². The zero-order valence-electron chi connectivity index (χ0n) is 12.3. The maximum absolute atomic E-state index is 12.5. The zero-order valence-corrected chi connectivity index (χ0v) is 12.3. The second-order valence-electron chi connectivity index (χ2n) is 4.94. The highest BCUT2D eigenvalue weighted by Gasteiger charge is 2.24. The van der Waals surface area contributed by atoms with Crippen molar-refractivity contribution in [3.05, 3.63) is 53.8 Å². The summed E-state index contributed by atoms with van der Waals surface area (Å²) >= 11 is 0. The van der Waals surface area contributed by atoms with Crippen LogP contribution in [-0.2, 0) is 16.1 Å². The van der Waals surface area contributed by atoms with Gasteiger partial charge < -0.3 is 19.4 Å². The molecule has 0 bridgehead atoms. The van der Waals surface area contributed by atoms with Crippen LogP contribution in [0.5, 0.6) is 5.75 Å². The van der Waals surface area contributed by atoms with Crippen molar-refractivity contribution in [3.63, 3.8) is 0 Å². The summed E-state index contributed by atoms with van der Waals surface area (Å²) in [6.07, 6.45) is 4.89. The molecule has 0 atom stereocenters. The minimum absolute atomic E-state index is 0.114. The number of hydrogen-bond acceptors (Lipinski definition) is 4. The molecule has 22 heavy (non-hydrogen) atoms. The van der Waals surface area contributed by atoms with Crippen LogP contribution in [0.3, 0.4) is 0 Å². The molecule has 1 aromatic carbocycles. The van der Waals surface area contributed by atoms with Gasteiger partial charge in [-0.3, -0.25) is 4.79 Å². The summed E-state index contributed by atoms with van der Waals surface area (Å²) in [5.41, 5.74) is 1.80. The van der Waals surface area contributed by atoms with Crippen LogP contribution in [0.25, 0.3) is 6.08 Å². The third kappa shape index (κ3) is 3.11. The van der Waals surface area contributed by atoms with E-state index >= 15 is 0 Å². The first-order valence-electron chi connectivity index (χ1n) is 7.01. The molecule has 114 valence electrons. The average molecular weight is 299 g/mol. The van der Waals surface area contributed by atoms with Gasteiger partial charge in [0.25, 0.3) is 5.91 Å². The van der Waals surface area contributed by atoms with E-state index < -0.39 is 0 Å². The lowest BCUT2D eigenvalue weighted by molar-refractivity contribution is -0.136. The number of H-pyrrole nitrogens is 1. The monoisotopic (exact) mass is 299 g/mol. The molecule has 1 fully saturated rings. The van der Waals surface area contributed by atoms with Gasteiger partial charge in [-0.1, -0.05) is 12.1 Å². The number of imidazole rings is 1. The van der Waals surface area contributed by atoms with E-state index in [0.29, 0.717) is 25.5 Å². The number of aromatic amines is 1. The molecule has 2 aromatic rings. The van der Waals surface area contributed by atoms with Gasteiger partial charge in [-0.05, 0) is 17.7 Å². The van der Waals surface area contributed by atoms with Gasteiger partial charge in [-0.15, -0.1) is 0 Å². The summed E-state index contributed by atoms with van der Waals surface area (Å²) in [4.78, 5) is 21.1. The normalized spacial score (nSPS) is 16.7. The summed E-state index contributed by atoms with van der Waals surface area (Å²) in [6.45, 7) is 1.61. The molecule has 6 nitrogen and oxygen atoms in total. The van der Waals surface area contributed by atoms with E-state index in [1.165, 1.54) is 0 Å². The van der Waals surface area contributed by atoms with Gasteiger partial charge in [-0.25, -0.2) is 4.98 Å². The maximum Gasteiger partial charge on any atom is 0.289 e. The highest BCUT2D eigenvalue weighted by molar-refractivity contribution is 5.96. The van der Waals surface area contributed by atoms with Crippen molar-refractivity contribution >= 4 is 12.0 Å². The third-order valence-corrected chi connectivity index (χ3v) is 3.46. The zero-order chi connectivity index (χ0) is 15.4. The lowest BCUT2D eigenvalue weighted by Crippen LogP contribution is -2.39. The summed E-state index contributed by atoms with van der Waals surface area (Å²) in [5, 5.41) is 0. The largest absolute Gasteiger partial charge is 0.497 e. The fraction of sp³-hybridized carbons (Fsp3) is 0.250. The van der Waals surface area contributed by atoms with Crippen LogP contribution in [0.2, 0.25) is 0 Å². The van der Waals surface area contributed by atoms with Crippen LogP contribution in [0, 0.1) is 0 Å². The van der Waals surface area contributed by atoms with Crippen molar-refractivity contribution in [2.24, 2.45) is 0 Å². The molecule has 0 radical (unpaired) electrons. The molecule has 0 aliphatic carbocycles. The first-order chi connectivity index (χ1) is 10.8. The predicted octanol–water partition coefficient (Wildman–Crippen LogP) is 1.82. The van der Waals surface area contributed by atoms with Crippen molar-refractivity contribution in [1.82, 2.24) is 14.9 Å². The quantitative estimate of drug-likeness (QED) is 0.874. The molecule has 1 aliphatic rings. The van der Waals surface area contributed by atoms with Crippen LogP contribution in [-0.4, -0.2) is 41.0 Å². The Balaban J connectivity index is 1.72. The van der Waals surface area contributed by atoms with Gasteiger partial charge in [0.15, 0.2) is 5.76 Å². The Bertz CT molecular complexity index is 662. The molecule has 3 rings (SSSR count). The molecule has 1 N–H and O–H groups in total.